The Balaban J connectivity index is 0.000000188. The number of carbonyl (C=O) groups excluding carboxylic acids is 2. The molecule has 18 heteroatoms. The maximum absolute atomic E-state index is 12.6. The fourth-order valence-electron chi connectivity index (χ4n) is 9.22. The van der Waals surface area contributed by atoms with E-state index in [2.05, 4.69) is 11.9 Å². The number of Topliss-reactive ketones (excluding diaryl/α,β-unsaturated/α-hetero) is 1. The molecule has 400 valence electrons. The highest BCUT2D eigenvalue weighted by Crippen LogP contribution is 2.28. The number of unbranched alkanes of at least 4 members (excludes halogenated alkanes) is 1. The molecular weight excluding hydrogens is 977 g/mol. The molecular formula is C58H64N4O14. The number of nitrogens with zero attached hydrogens (tertiary/aromatic N) is 3. The lowest BCUT2D eigenvalue weighted by Gasteiger charge is -2.23. The van der Waals surface area contributed by atoms with Crippen LogP contribution in [0.2, 0.25) is 0 Å². The number of hydrogen-bond donors (Lipinski definition) is 4. The Hall–Kier alpha value is -8.67. The first-order chi connectivity index (χ1) is 36.2. The predicted octanol–water partition coefficient (Wildman–Crippen LogP) is 9.31. The van der Waals surface area contributed by atoms with Gasteiger partial charge in [-0.25, -0.2) is 19.2 Å². The number of ether oxygens (including phenoxy) is 2. The zero-order chi connectivity index (χ0) is 56.1. The number of hydrogen-bond acceptors (Lipinski definition) is 11. The monoisotopic (exact) mass is 1040 g/mol. The van der Waals surface area contributed by atoms with E-state index >= 15 is 0 Å². The van der Waals surface area contributed by atoms with Crippen molar-refractivity contribution < 1.29 is 48.8 Å². The van der Waals surface area contributed by atoms with Crippen LogP contribution >= 0.6 is 0 Å². The Morgan fingerprint density at radius 2 is 1.26 bits per heavy atom. The smallest absolute Gasteiger partial charge is 0.354 e. The summed E-state index contributed by atoms with van der Waals surface area (Å²) in [6.07, 6.45) is 6.11. The van der Waals surface area contributed by atoms with Crippen LogP contribution in [-0.4, -0.2) is 77.4 Å². The number of ketones is 1. The minimum Gasteiger partial charge on any atom is -0.495 e. The van der Waals surface area contributed by atoms with Crippen molar-refractivity contribution in [1.82, 2.24) is 18.7 Å². The number of carboxylic acids is 3. The van der Waals surface area contributed by atoms with Crippen LogP contribution < -0.4 is 26.5 Å². The molecule has 18 nitrogen and oxygen atoms in total. The highest BCUT2D eigenvalue weighted by Gasteiger charge is 2.30. The van der Waals surface area contributed by atoms with E-state index in [1.165, 1.54) is 19.2 Å². The van der Waals surface area contributed by atoms with Crippen molar-refractivity contribution in [1.29, 1.82) is 0 Å². The largest absolute Gasteiger partial charge is 0.495 e. The van der Waals surface area contributed by atoms with Gasteiger partial charge in [-0.15, -0.1) is 0 Å². The number of methoxy groups -OCH3 is 1. The van der Waals surface area contributed by atoms with Crippen LogP contribution in [-0.2, 0) is 37.2 Å². The van der Waals surface area contributed by atoms with E-state index in [1.807, 2.05) is 71.9 Å². The van der Waals surface area contributed by atoms with Crippen molar-refractivity contribution >= 4 is 67.9 Å². The van der Waals surface area contributed by atoms with Gasteiger partial charge in [-0.2, -0.15) is 0 Å². The summed E-state index contributed by atoms with van der Waals surface area (Å²) in [5.74, 6) is -3.55. The van der Waals surface area contributed by atoms with Crippen molar-refractivity contribution in [2.75, 3.05) is 13.7 Å². The quantitative estimate of drug-likeness (QED) is 0.0740. The van der Waals surface area contributed by atoms with Crippen molar-refractivity contribution in [3.8, 4) is 5.75 Å². The van der Waals surface area contributed by atoms with Crippen LogP contribution in [0.15, 0.2) is 98.1 Å². The van der Waals surface area contributed by atoms with Crippen molar-refractivity contribution in [3.63, 3.8) is 0 Å². The minimum absolute atomic E-state index is 0.0190. The molecule has 0 saturated heterocycles. The molecule has 4 N–H and O–H groups in total. The number of H-pyrrole nitrogens is 1. The molecule has 0 spiro atoms. The fourth-order valence-corrected chi connectivity index (χ4v) is 9.22. The number of esters is 1. The summed E-state index contributed by atoms with van der Waals surface area (Å²) in [5.41, 5.74) is 4.71. The second-order valence-corrected chi connectivity index (χ2v) is 17.7. The Bertz CT molecular complexity index is 3670. The number of carbonyl (C=O) groups is 5. The molecule has 8 rings (SSSR count). The van der Waals surface area contributed by atoms with E-state index in [-0.39, 0.29) is 69.0 Å². The van der Waals surface area contributed by atoms with E-state index in [1.54, 1.807) is 51.0 Å². The molecule has 76 heavy (non-hydrogen) atoms. The number of benzene rings is 3. The van der Waals surface area contributed by atoms with Gasteiger partial charge in [-0.1, -0.05) is 57.0 Å². The first-order valence-electron chi connectivity index (χ1n) is 25.1. The summed E-state index contributed by atoms with van der Waals surface area (Å²) in [4.78, 5) is 109. The summed E-state index contributed by atoms with van der Waals surface area (Å²) in [6.45, 7) is 16.6. The maximum atomic E-state index is 12.6. The molecule has 0 bridgehead atoms. The van der Waals surface area contributed by atoms with Gasteiger partial charge in [0.2, 0.25) is 0 Å². The predicted molar refractivity (Wildman–Crippen MR) is 292 cm³/mol. The Labute approximate surface area is 437 Å². The average molecular weight is 1040 g/mol. The van der Waals surface area contributed by atoms with Crippen LogP contribution in [0.4, 0.5) is 0 Å². The van der Waals surface area contributed by atoms with E-state index in [4.69, 9.17) is 14.6 Å². The molecule has 0 aliphatic heterocycles. The van der Waals surface area contributed by atoms with Gasteiger partial charge in [-0.05, 0) is 108 Å². The molecule has 1 aliphatic carbocycles. The molecule has 0 fully saturated rings. The molecule has 1 aliphatic rings. The molecule has 0 radical (unpaired) electrons. The minimum atomic E-state index is -1.12. The number of allylic oxidation sites excluding steroid dienone is 2. The normalized spacial score (nSPS) is 11.5. The van der Waals surface area contributed by atoms with Gasteiger partial charge >= 0.3 is 23.9 Å². The maximum Gasteiger partial charge on any atom is 0.354 e. The summed E-state index contributed by atoms with van der Waals surface area (Å²) in [5, 5.41) is 29.5. The number of carboxylic acid groups (broad SMARTS) is 3. The highest BCUT2D eigenvalue weighted by atomic mass is 16.5. The van der Waals surface area contributed by atoms with Crippen molar-refractivity contribution in [2.45, 2.75) is 114 Å². The number of aryl methyl sites for hydroxylation is 4. The van der Waals surface area contributed by atoms with Crippen molar-refractivity contribution in [2.24, 2.45) is 0 Å². The first kappa shape index (κ1) is 58.2. The number of nitrogens with one attached hydrogen (secondary N) is 1. The number of aromatic nitrogens is 4. The van der Waals surface area contributed by atoms with Crippen LogP contribution in [0.1, 0.15) is 149 Å². The zero-order valence-electron chi connectivity index (χ0n) is 44.3. The Morgan fingerprint density at radius 1 is 0.658 bits per heavy atom. The third kappa shape index (κ3) is 12.5. The lowest BCUT2D eigenvalue weighted by atomic mass is 9.90. The lowest BCUT2D eigenvalue weighted by Crippen LogP contribution is -2.32. The summed E-state index contributed by atoms with van der Waals surface area (Å²) < 4.78 is 14.9. The van der Waals surface area contributed by atoms with Gasteiger partial charge in [0.1, 0.15) is 28.5 Å². The molecule has 0 amide bonds. The van der Waals surface area contributed by atoms with Gasteiger partial charge in [0.25, 0.3) is 0 Å². The zero-order valence-corrected chi connectivity index (χ0v) is 44.3. The van der Waals surface area contributed by atoms with E-state index in [9.17, 15) is 53.4 Å². The molecule has 0 saturated carbocycles. The Kier molecular flexibility index (Phi) is 19.9. The Morgan fingerprint density at radius 3 is 1.84 bits per heavy atom. The van der Waals surface area contributed by atoms with Crippen LogP contribution in [0.5, 0.6) is 5.75 Å². The molecule has 0 unspecified atom stereocenters. The van der Waals surface area contributed by atoms with Crippen LogP contribution in [0, 0.1) is 6.92 Å². The van der Waals surface area contributed by atoms with Gasteiger partial charge in [-0.3, -0.25) is 24.0 Å². The molecule has 7 aromatic rings. The van der Waals surface area contributed by atoms with Gasteiger partial charge < -0.3 is 43.5 Å². The summed E-state index contributed by atoms with van der Waals surface area (Å²) in [6, 6.07) is 19.9. The number of para-hydroxylation sites is 2. The number of pyridine rings is 4. The third-order valence-corrected chi connectivity index (χ3v) is 12.8. The third-order valence-electron chi connectivity index (χ3n) is 12.8. The number of rotatable bonds is 14. The fraction of sp³-hybridized carbons (Fsp3) is 0.328. The summed E-state index contributed by atoms with van der Waals surface area (Å²) >= 11 is 0. The standard InChI is InChI=1S/C16H19NO4.C16H19NO3.C13H13NO4.C13H13NO3/c1-4-6-10-14(16(20)21)17(5-2)13-9(3)7-8-11(18)12(13)15(10)19;1-3-5-6-11-7-8-13-12(9-11)15(18)10-14(16(19)20)17(13)4-2;1-3-14-9(13(16)17)7-10(15)8-5-4-6-11(18-2)12(8)14;1-3-17-13(16)10-7-11(15)9-6-4-5-8(2)12(9)14-10/h7H,4-6,8H2,1-3H3,(H,20,21);7-10H,3-6H2,1-2H3,(H,19,20);4-7H,3H2,1-2H3,(H,16,17);4-7H,3H2,1-2H3,(H,14,15). The topological polar surface area (TPSA) is 263 Å². The van der Waals surface area contributed by atoms with E-state index < -0.39 is 29.3 Å². The molecule has 4 aromatic heterocycles. The highest BCUT2D eigenvalue weighted by molar-refractivity contribution is 6.05. The van der Waals surface area contributed by atoms with Gasteiger partial charge in [0, 0.05) is 66.0 Å². The average Bonchev–Trinajstić information content (AvgIpc) is 3.40. The number of fused-ring (bicyclic) bond motifs is 4. The summed E-state index contributed by atoms with van der Waals surface area (Å²) in [7, 11) is 1.49. The van der Waals surface area contributed by atoms with E-state index in [0.717, 1.165) is 42.0 Å². The van der Waals surface area contributed by atoms with E-state index in [0.29, 0.717) is 76.6 Å². The second kappa shape index (κ2) is 26.0. The molecule has 4 heterocycles. The number of aromatic carboxylic acids is 3. The van der Waals surface area contributed by atoms with Crippen LogP contribution in [0.3, 0.4) is 0 Å². The van der Waals surface area contributed by atoms with Gasteiger partial charge in [0.15, 0.2) is 27.5 Å². The number of aromatic amines is 1. The van der Waals surface area contributed by atoms with Gasteiger partial charge in [0.05, 0.1) is 41.5 Å². The molecule has 0 atom stereocenters. The first-order valence-corrected chi connectivity index (χ1v) is 25.1. The lowest BCUT2D eigenvalue weighted by molar-refractivity contribution is 0.0518. The second-order valence-electron chi connectivity index (χ2n) is 17.7. The molecule has 3 aromatic carbocycles. The van der Waals surface area contributed by atoms with Crippen molar-refractivity contribution in [3.05, 3.63) is 170 Å². The van der Waals surface area contributed by atoms with Crippen LogP contribution in [0.25, 0.3) is 38.3 Å². The SMILES string of the molecule is CCCCc1ccc2c(c1)c(=O)cc(C(=O)O)n2CC.CCCc1c(C(=O)O)n(CC)c2c(c1=O)C(=O)CC=C2C.CCOC(=O)c1cc(=O)c2cccc(C)c2[nH]1.CCn1c(C(=O)O)cc(=O)c2cccc(OC)c21.